The first-order valence-electron chi connectivity index (χ1n) is 6.79. The third-order valence-corrected chi connectivity index (χ3v) is 3.16. The summed E-state index contributed by atoms with van der Waals surface area (Å²) in [5, 5.41) is 54.2. The number of hydrogen-bond donors (Lipinski definition) is 6. The Balaban J connectivity index is 0. The van der Waals surface area contributed by atoms with E-state index in [1.54, 1.807) is 0 Å². The molecule has 7 heteroatoms. The minimum Gasteiger partial charge on any atom is -0.396 e. The minimum absolute atomic E-state index is 0.141. The van der Waals surface area contributed by atoms with E-state index in [0.29, 0.717) is 0 Å². The molecule has 0 rings (SSSR count). The highest BCUT2D eigenvalue weighted by Gasteiger charge is 2.32. The summed E-state index contributed by atoms with van der Waals surface area (Å²) in [6.07, 6.45) is 4.00. The summed E-state index contributed by atoms with van der Waals surface area (Å²) in [6.45, 7) is 0.995. The van der Waals surface area contributed by atoms with Crippen molar-refractivity contribution in [3.63, 3.8) is 0 Å². The van der Waals surface area contributed by atoms with Crippen LogP contribution < -0.4 is 0 Å². The van der Waals surface area contributed by atoms with Gasteiger partial charge in [-0.05, 0) is 13.8 Å². The molecule has 0 aromatic rings. The number of aliphatic hydroxyl groups excluding tert-OH is 6. The molecule has 0 aliphatic heterocycles. The van der Waals surface area contributed by atoms with Crippen molar-refractivity contribution in [2.75, 3.05) is 52.9 Å². The molecule has 0 atom stereocenters. The Morgan fingerprint density at radius 2 is 0.857 bits per heavy atom. The molecule has 6 N–H and O–H groups in total. The Hall–Kier alpha value is -0.540. The van der Waals surface area contributed by atoms with Gasteiger partial charge in [0.05, 0.1) is 63.7 Å². The summed E-state index contributed by atoms with van der Waals surface area (Å²) < 4.78 is 5.15. The van der Waals surface area contributed by atoms with Crippen molar-refractivity contribution in [1.29, 1.82) is 0 Å². The van der Waals surface area contributed by atoms with E-state index < -0.39 is 50.5 Å². The van der Waals surface area contributed by atoms with Crippen LogP contribution in [0, 0.1) is 10.8 Å². The first-order chi connectivity index (χ1) is 9.99. The molecule has 0 aromatic carbocycles. The number of hydrogen-bond acceptors (Lipinski definition) is 7. The number of aliphatic hydroxyl groups is 6. The van der Waals surface area contributed by atoms with E-state index >= 15 is 0 Å². The Bertz CT molecular complexity index is 207. The molecule has 0 bridgehead atoms. The lowest BCUT2D eigenvalue weighted by Crippen LogP contribution is -2.43. The van der Waals surface area contributed by atoms with Crippen molar-refractivity contribution in [2.45, 2.75) is 13.8 Å². The van der Waals surface area contributed by atoms with E-state index in [0.717, 1.165) is 0 Å². The van der Waals surface area contributed by atoms with Gasteiger partial charge in [0.2, 0.25) is 0 Å². The van der Waals surface area contributed by atoms with Crippen LogP contribution in [0.1, 0.15) is 13.8 Å². The van der Waals surface area contributed by atoms with Gasteiger partial charge in [0.15, 0.2) is 0 Å². The second-order valence-electron chi connectivity index (χ2n) is 5.11. The zero-order chi connectivity index (χ0) is 16.8. The van der Waals surface area contributed by atoms with E-state index in [1.807, 2.05) is 26.0 Å². The van der Waals surface area contributed by atoms with Crippen molar-refractivity contribution in [3.05, 3.63) is 12.2 Å². The quantitative estimate of drug-likeness (QED) is 0.271. The van der Waals surface area contributed by atoms with Crippen LogP contribution in [0.4, 0.5) is 0 Å². The summed E-state index contributed by atoms with van der Waals surface area (Å²) in [5.41, 5.74) is -2.32. The predicted octanol–water partition coefficient (Wildman–Crippen LogP) is -1.49. The van der Waals surface area contributed by atoms with Crippen LogP contribution in [-0.2, 0) is 4.74 Å². The molecular formula is C14H30O7. The van der Waals surface area contributed by atoms with E-state index in [9.17, 15) is 0 Å². The topological polar surface area (TPSA) is 131 Å². The molecule has 0 aliphatic carbocycles. The fourth-order valence-electron chi connectivity index (χ4n) is 1.06. The zero-order valence-corrected chi connectivity index (χ0v) is 12.9. The van der Waals surface area contributed by atoms with E-state index in [1.165, 1.54) is 0 Å². The molecule has 0 radical (unpaired) electrons. The van der Waals surface area contributed by atoms with Crippen LogP contribution in [0.2, 0.25) is 0 Å². The summed E-state index contributed by atoms with van der Waals surface area (Å²) in [6, 6.07) is 0. The smallest absolute Gasteiger partial charge is 0.0629 e. The largest absolute Gasteiger partial charge is 0.396 e. The molecule has 0 spiro atoms. The van der Waals surface area contributed by atoms with E-state index in [2.05, 4.69) is 0 Å². The fourth-order valence-corrected chi connectivity index (χ4v) is 1.06. The normalized spacial score (nSPS) is 12.4. The molecule has 21 heavy (non-hydrogen) atoms. The van der Waals surface area contributed by atoms with Gasteiger partial charge in [-0.2, -0.15) is 0 Å². The lowest BCUT2D eigenvalue weighted by atomic mass is 9.91. The van der Waals surface area contributed by atoms with Crippen molar-refractivity contribution >= 4 is 0 Å². The highest BCUT2D eigenvalue weighted by atomic mass is 16.5. The summed E-state index contributed by atoms with van der Waals surface area (Å²) in [5.74, 6) is 0. The number of ether oxygens (including phenoxy) is 1. The van der Waals surface area contributed by atoms with Gasteiger partial charge in [0, 0.05) is 0 Å². The lowest BCUT2D eigenvalue weighted by molar-refractivity contribution is -0.103. The molecule has 0 aliphatic rings. The fraction of sp³-hybridized carbons (Fsp3) is 0.857. The first-order valence-corrected chi connectivity index (χ1v) is 6.79. The Morgan fingerprint density at radius 3 is 1.00 bits per heavy atom. The van der Waals surface area contributed by atoms with Crippen LogP contribution in [0.15, 0.2) is 12.2 Å². The van der Waals surface area contributed by atoms with Crippen LogP contribution in [0.25, 0.3) is 0 Å². The predicted molar refractivity (Wildman–Crippen MR) is 78.7 cm³/mol. The number of rotatable bonds is 10. The Kier molecular flexibility index (Phi) is 14.2. The van der Waals surface area contributed by atoms with Gasteiger partial charge >= 0.3 is 0 Å². The monoisotopic (exact) mass is 310 g/mol. The van der Waals surface area contributed by atoms with Crippen LogP contribution >= 0.6 is 0 Å². The third kappa shape index (κ3) is 8.47. The molecular weight excluding hydrogens is 280 g/mol. The van der Waals surface area contributed by atoms with Gasteiger partial charge in [-0.25, -0.2) is 0 Å². The molecule has 0 unspecified atom stereocenters. The molecule has 128 valence electrons. The van der Waals surface area contributed by atoms with Gasteiger partial charge in [0.1, 0.15) is 0 Å². The lowest BCUT2D eigenvalue weighted by Gasteiger charge is -2.31. The van der Waals surface area contributed by atoms with E-state index in [-0.39, 0.29) is 13.2 Å². The Labute approximate surface area is 126 Å². The maximum Gasteiger partial charge on any atom is 0.0629 e. The minimum atomic E-state index is -1.16. The van der Waals surface area contributed by atoms with Crippen molar-refractivity contribution in [3.8, 4) is 0 Å². The van der Waals surface area contributed by atoms with Gasteiger partial charge in [0.25, 0.3) is 0 Å². The van der Waals surface area contributed by atoms with Gasteiger partial charge in [-0.1, -0.05) is 12.2 Å². The van der Waals surface area contributed by atoms with Gasteiger partial charge < -0.3 is 35.4 Å². The second-order valence-corrected chi connectivity index (χ2v) is 5.11. The van der Waals surface area contributed by atoms with Crippen molar-refractivity contribution in [2.24, 2.45) is 10.8 Å². The highest BCUT2D eigenvalue weighted by Crippen LogP contribution is 2.19. The molecule has 0 fully saturated rings. The van der Waals surface area contributed by atoms with Gasteiger partial charge in [-0.15, -0.1) is 0 Å². The maximum absolute atomic E-state index is 9.03. The highest BCUT2D eigenvalue weighted by molar-refractivity contribution is 4.80. The van der Waals surface area contributed by atoms with Crippen LogP contribution in [0.5, 0.6) is 0 Å². The zero-order valence-electron chi connectivity index (χ0n) is 12.9. The van der Waals surface area contributed by atoms with E-state index in [4.69, 9.17) is 35.4 Å². The van der Waals surface area contributed by atoms with Gasteiger partial charge in [-0.3, -0.25) is 0 Å². The molecule has 0 aromatic heterocycles. The molecule has 0 saturated carbocycles. The third-order valence-electron chi connectivity index (χ3n) is 3.16. The maximum atomic E-state index is 9.03. The first kappa shape index (κ1) is 22.7. The Morgan fingerprint density at radius 1 is 0.619 bits per heavy atom. The SMILES string of the molecule is CC=CC.OCC(CO)(CO)COCC(CO)(CO)CO. The average Bonchev–Trinajstić information content (AvgIpc) is 2.56. The number of allylic oxidation sites excluding steroid dienone is 2. The van der Waals surface area contributed by atoms with Crippen molar-refractivity contribution < 1.29 is 35.4 Å². The molecule has 7 nitrogen and oxygen atoms in total. The van der Waals surface area contributed by atoms with Crippen LogP contribution in [0.3, 0.4) is 0 Å². The summed E-state index contributed by atoms with van der Waals surface area (Å²) in [4.78, 5) is 0. The van der Waals surface area contributed by atoms with Crippen LogP contribution in [-0.4, -0.2) is 83.5 Å². The average molecular weight is 310 g/mol. The molecule has 0 saturated heterocycles. The summed E-state index contributed by atoms with van der Waals surface area (Å²) >= 11 is 0. The second kappa shape index (κ2) is 13.1. The summed E-state index contributed by atoms with van der Waals surface area (Å²) in [7, 11) is 0. The molecule has 0 heterocycles. The van der Waals surface area contributed by atoms with Crippen molar-refractivity contribution in [1.82, 2.24) is 0 Å². The standard InChI is InChI=1S/C10H22O7.C4H8/c11-1-9(2-12,3-13)7-17-8-10(4-14,5-15)6-16;1-3-4-2/h11-16H,1-8H2;3-4H,1-2H3. The molecule has 0 amide bonds.